The van der Waals surface area contributed by atoms with Gasteiger partial charge in [-0.15, -0.1) is 0 Å². The number of carbonyl (C=O) groups is 1. The van der Waals surface area contributed by atoms with Gasteiger partial charge in [-0.2, -0.15) is 30.4 Å². The van der Waals surface area contributed by atoms with E-state index >= 15 is 0 Å². The fourth-order valence-electron chi connectivity index (χ4n) is 0.835. The van der Waals surface area contributed by atoms with Crippen molar-refractivity contribution in [3.05, 3.63) is 0 Å². The predicted molar refractivity (Wildman–Crippen MR) is 52.2 cm³/mol. The van der Waals surface area contributed by atoms with E-state index in [4.69, 9.17) is 4.55 Å². The van der Waals surface area contributed by atoms with Crippen LogP contribution in [0.3, 0.4) is 0 Å². The van der Waals surface area contributed by atoms with Crippen LogP contribution in [0, 0.1) is 0 Å². The first-order valence-corrected chi connectivity index (χ1v) is 6.33. The van der Waals surface area contributed by atoms with Gasteiger partial charge in [0.2, 0.25) is 5.67 Å². The van der Waals surface area contributed by atoms with Crippen LogP contribution in [0.25, 0.3) is 0 Å². The van der Waals surface area contributed by atoms with E-state index in [1.807, 2.05) is 0 Å². The molecule has 0 saturated heterocycles. The summed E-state index contributed by atoms with van der Waals surface area (Å²) in [5.41, 5.74) is -3.03. The van der Waals surface area contributed by atoms with Gasteiger partial charge >= 0.3 is 27.5 Å². The molecule has 5 nitrogen and oxygen atoms in total. The van der Waals surface area contributed by atoms with Crippen molar-refractivity contribution in [3.8, 4) is 0 Å². The minimum absolute atomic E-state index is 0.467. The number of hydrogen-bond donors (Lipinski definition) is 1. The van der Waals surface area contributed by atoms with Crippen molar-refractivity contribution < 1.29 is 48.8 Å². The highest BCUT2D eigenvalue weighted by atomic mass is 32.2. The molecule has 0 spiro atoms. The zero-order valence-electron chi connectivity index (χ0n) is 10.0. The number of rotatable bonds is 5. The van der Waals surface area contributed by atoms with Gasteiger partial charge in [-0.25, -0.2) is 9.18 Å². The number of alkyl halides is 6. The maximum Gasteiger partial charge on any atom is 0.432 e. The Morgan fingerprint density at radius 1 is 1.20 bits per heavy atom. The highest BCUT2D eigenvalue weighted by Gasteiger charge is 2.66. The molecule has 2 unspecified atom stereocenters. The van der Waals surface area contributed by atoms with Gasteiger partial charge in [0.1, 0.15) is 0 Å². The maximum atomic E-state index is 13.3. The van der Waals surface area contributed by atoms with Gasteiger partial charge in [-0.05, 0) is 13.3 Å². The Bertz CT molecular complexity index is 468. The number of halogens is 6. The molecule has 2 atom stereocenters. The summed E-state index contributed by atoms with van der Waals surface area (Å²) in [5, 5.41) is -5.87. The van der Waals surface area contributed by atoms with Crippen molar-refractivity contribution in [3.63, 3.8) is 0 Å². The number of hydrogen-bond acceptors (Lipinski definition) is 4. The highest BCUT2D eigenvalue weighted by Crippen LogP contribution is 2.38. The molecule has 0 aliphatic rings. The van der Waals surface area contributed by atoms with E-state index in [-0.39, 0.29) is 0 Å². The van der Waals surface area contributed by atoms with Crippen molar-refractivity contribution in [2.24, 2.45) is 0 Å². The average Bonchev–Trinajstić information content (AvgIpc) is 2.21. The van der Waals surface area contributed by atoms with Gasteiger partial charge in [0.15, 0.2) is 0 Å². The lowest BCUT2D eigenvalue weighted by molar-refractivity contribution is -0.263. The van der Waals surface area contributed by atoms with Crippen molar-refractivity contribution in [2.75, 3.05) is 0 Å². The van der Waals surface area contributed by atoms with Gasteiger partial charge in [0, 0.05) is 0 Å². The third-order valence-electron chi connectivity index (χ3n) is 2.26. The van der Waals surface area contributed by atoms with E-state index in [0.717, 1.165) is 6.92 Å². The second-order valence-corrected chi connectivity index (χ2v) is 5.41. The van der Waals surface area contributed by atoms with Gasteiger partial charge in [0.05, 0.1) is 0 Å². The summed E-state index contributed by atoms with van der Waals surface area (Å²) in [6.07, 6.45) is -11.3. The van der Waals surface area contributed by atoms with E-state index in [1.54, 1.807) is 0 Å². The first-order chi connectivity index (χ1) is 8.57. The summed E-state index contributed by atoms with van der Waals surface area (Å²) in [7, 11) is -6.54. The fourth-order valence-corrected chi connectivity index (χ4v) is 1.29. The topological polar surface area (TPSA) is 80.7 Å². The molecule has 0 radical (unpaired) electrons. The van der Waals surface area contributed by atoms with Gasteiger partial charge in [0.25, 0.3) is 6.10 Å². The molecule has 0 aromatic heterocycles. The summed E-state index contributed by atoms with van der Waals surface area (Å²) in [4.78, 5) is 11.0. The lowest BCUT2D eigenvalue weighted by atomic mass is 10.1. The van der Waals surface area contributed by atoms with Crippen LogP contribution in [0.2, 0.25) is 0 Å². The Hall–Kier alpha value is -1.04. The van der Waals surface area contributed by atoms with E-state index in [1.165, 1.54) is 0 Å². The van der Waals surface area contributed by atoms with Gasteiger partial charge < -0.3 is 4.74 Å². The van der Waals surface area contributed by atoms with Crippen LogP contribution in [0.1, 0.15) is 20.3 Å². The predicted octanol–water partition coefficient (Wildman–Crippen LogP) is 2.08. The Labute approximate surface area is 109 Å². The first-order valence-electron chi connectivity index (χ1n) is 4.89. The Kier molecular flexibility index (Phi) is 5.11. The summed E-state index contributed by atoms with van der Waals surface area (Å²) in [5.74, 6) is -2.33. The van der Waals surface area contributed by atoms with Crippen molar-refractivity contribution in [1.29, 1.82) is 0 Å². The monoisotopic (exact) mass is 332 g/mol. The van der Waals surface area contributed by atoms with Crippen LogP contribution >= 0.6 is 0 Å². The van der Waals surface area contributed by atoms with E-state index < -0.39 is 45.7 Å². The first kappa shape index (κ1) is 19.0. The van der Waals surface area contributed by atoms with Crippen LogP contribution in [0.15, 0.2) is 0 Å². The SMILES string of the molecule is CCC(C)(F)C(=O)OC(C(F)(F)F)C(F)(F)S(=O)(=O)O. The molecule has 0 amide bonds. The molecule has 0 rings (SSSR count). The summed E-state index contributed by atoms with van der Waals surface area (Å²) < 4.78 is 108. The molecular weight excluding hydrogens is 322 g/mol. The molecule has 120 valence electrons. The molecular formula is C8H10F6O5S. The lowest BCUT2D eigenvalue weighted by Crippen LogP contribution is -2.53. The fraction of sp³-hybridized carbons (Fsp3) is 0.875. The van der Waals surface area contributed by atoms with Gasteiger partial charge in [-0.1, -0.05) is 6.92 Å². The molecule has 12 heteroatoms. The van der Waals surface area contributed by atoms with Crippen LogP contribution in [0.5, 0.6) is 0 Å². The average molecular weight is 332 g/mol. The van der Waals surface area contributed by atoms with Gasteiger partial charge in [-0.3, -0.25) is 4.55 Å². The van der Waals surface area contributed by atoms with E-state index in [2.05, 4.69) is 4.74 Å². The summed E-state index contributed by atoms with van der Waals surface area (Å²) in [6.45, 7) is 1.49. The molecule has 1 N–H and O–H groups in total. The third kappa shape index (κ3) is 3.98. The van der Waals surface area contributed by atoms with Crippen molar-refractivity contribution in [2.45, 2.75) is 43.5 Å². The second-order valence-electron chi connectivity index (χ2n) is 3.91. The summed E-state index contributed by atoms with van der Waals surface area (Å²) in [6, 6.07) is 0. The number of esters is 1. The molecule has 0 aromatic rings. The van der Waals surface area contributed by atoms with Crippen LogP contribution in [-0.2, 0) is 19.6 Å². The highest BCUT2D eigenvalue weighted by molar-refractivity contribution is 7.86. The second kappa shape index (κ2) is 5.39. The molecule has 0 bridgehead atoms. The molecule has 20 heavy (non-hydrogen) atoms. The summed E-state index contributed by atoms with van der Waals surface area (Å²) >= 11 is 0. The Morgan fingerprint density at radius 2 is 1.60 bits per heavy atom. The smallest absolute Gasteiger partial charge is 0.432 e. The zero-order valence-corrected chi connectivity index (χ0v) is 10.9. The van der Waals surface area contributed by atoms with Crippen LogP contribution in [-0.4, -0.2) is 42.1 Å². The molecule has 0 fully saturated rings. The Balaban J connectivity index is 5.62. The van der Waals surface area contributed by atoms with E-state index in [0.29, 0.717) is 6.92 Å². The third-order valence-corrected chi connectivity index (χ3v) is 3.16. The molecule has 0 heterocycles. The zero-order chi connectivity index (χ0) is 16.6. The number of ether oxygens (including phenoxy) is 1. The maximum absolute atomic E-state index is 13.3. The molecule has 0 aliphatic heterocycles. The standard InChI is InChI=1S/C8H10F6O5S/c1-3-6(2,9)5(15)19-4(7(10,11)12)8(13,14)20(16,17)18/h4H,3H2,1-2H3,(H,16,17,18). The minimum atomic E-state index is -6.54. The van der Waals surface area contributed by atoms with Crippen LogP contribution < -0.4 is 0 Å². The largest absolute Gasteiger partial charge is 0.442 e. The molecule has 0 aliphatic carbocycles. The van der Waals surface area contributed by atoms with E-state index in [9.17, 15) is 39.6 Å². The van der Waals surface area contributed by atoms with Crippen molar-refractivity contribution >= 4 is 16.1 Å². The minimum Gasteiger partial charge on any atom is -0.442 e. The quantitative estimate of drug-likeness (QED) is 0.474. The Morgan fingerprint density at radius 3 is 1.85 bits per heavy atom. The van der Waals surface area contributed by atoms with Crippen molar-refractivity contribution in [1.82, 2.24) is 0 Å². The molecule has 0 aromatic carbocycles. The molecule has 0 saturated carbocycles. The van der Waals surface area contributed by atoms with Crippen LogP contribution in [0.4, 0.5) is 26.3 Å². The number of carbonyl (C=O) groups excluding carboxylic acids is 1. The lowest BCUT2D eigenvalue weighted by Gasteiger charge is -2.28. The normalized spacial score (nSPS) is 18.2.